The van der Waals surface area contributed by atoms with E-state index >= 15 is 0 Å². The summed E-state index contributed by atoms with van der Waals surface area (Å²) in [5, 5.41) is 52.5. The van der Waals surface area contributed by atoms with E-state index in [9.17, 15) is 5.11 Å². The molecule has 0 aromatic rings. The second-order valence-electron chi connectivity index (χ2n) is 2.65. The lowest BCUT2D eigenvalue weighted by Gasteiger charge is -2.23. The molecule has 76 valence electrons. The van der Waals surface area contributed by atoms with Crippen molar-refractivity contribution in [2.75, 3.05) is 13.2 Å². The van der Waals surface area contributed by atoms with Gasteiger partial charge in [0.25, 0.3) is 0 Å². The maximum atomic E-state index is 9.18. The zero-order valence-corrected chi connectivity index (χ0v) is 6.91. The summed E-state index contributed by atoms with van der Waals surface area (Å²) in [4.78, 5) is 0. The van der Waals surface area contributed by atoms with Crippen LogP contribution in [0.2, 0.25) is 0 Å². The van der Waals surface area contributed by atoms with Gasteiger partial charge in [0.2, 0.25) is 0 Å². The minimum absolute atomic E-state index is 0.687. The van der Waals surface area contributed by atoms with E-state index in [0.29, 0.717) is 0 Å². The molecule has 0 saturated carbocycles. The van der Waals surface area contributed by atoms with Crippen LogP contribution in [0, 0.1) is 17.2 Å². The first-order valence-corrected chi connectivity index (χ1v) is 3.74. The Bertz CT molecular complexity index is 180. The fourth-order valence-electron chi connectivity index (χ4n) is 0.851. The number of aliphatic hydroxyl groups is 5. The van der Waals surface area contributed by atoms with Gasteiger partial charge in [0.15, 0.2) is 0 Å². The molecule has 0 heterocycles. The van der Waals surface area contributed by atoms with Crippen LogP contribution in [0.3, 0.4) is 0 Å². The summed E-state index contributed by atoms with van der Waals surface area (Å²) >= 11 is 0. The molecule has 0 aliphatic heterocycles. The van der Waals surface area contributed by atoms with Gasteiger partial charge in [-0.15, -0.1) is 0 Å². The van der Waals surface area contributed by atoms with Crippen molar-refractivity contribution < 1.29 is 25.5 Å². The molecule has 6 nitrogen and oxygen atoms in total. The van der Waals surface area contributed by atoms with Crippen molar-refractivity contribution in [2.24, 2.45) is 5.92 Å². The predicted octanol–water partition coefficient (Wildman–Crippen LogP) is -2.81. The molecular formula is C7H13NO5. The maximum absolute atomic E-state index is 9.18. The molecule has 13 heavy (non-hydrogen) atoms. The highest BCUT2D eigenvalue weighted by Gasteiger charge is 2.31. The van der Waals surface area contributed by atoms with E-state index in [1.807, 2.05) is 0 Å². The van der Waals surface area contributed by atoms with Crippen molar-refractivity contribution in [3.63, 3.8) is 0 Å². The molecule has 0 aromatic heterocycles. The molecule has 0 aliphatic rings. The van der Waals surface area contributed by atoms with Gasteiger partial charge < -0.3 is 25.5 Å². The second-order valence-corrected chi connectivity index (χ2v) is 2.65. The summed E-state index contributed by atoms with van der Waals surface area (Å²) in [6, 6.07) is 1.54. The Morgan fingerprint density at radius 3 is 1.77 bits per heavy atom. The van der Waals surface area contributed by atoms with E-state index in [0.717, 1.165) is 0 Å². The molecule has 0 spiro atoms. The molecule has 0 bridgehead atoms. The van der Waals surface area contributed by atoms with Gasteiger partial charge >= 0.3 is 0 Å². The van der Waals surface area contributed by atoms with E-state index < -0.39 is 37.4 Å². The standard InChI is InChI=1S/C7H13NO5/c8-1-4(5(11)2-9)7(13)6(12)3-10/h4-7,9-13H,2-3H2/t4-,5+,6-,7+/m1/s1. The molecule has 4 atom stereocenters. The highest BCUT2D eigenvalue weighted by atomic mass is 16.4. The van der Waals surface area contributed by atoms with Crippen LogP contribution in [0.4, 0.5) is 0 Å². The fraction of sp³-hybridized carbons (Fsp3) is 0.857. The molecule has 0 aromatic carbocycles. The van der Waals surface area contributed by atoms with E-state index in [1.165, 1.54) is 6.07 Å². The van der Waals surface area contributed by atoms with Crippen LogP contribution in [0.5, 0.6) is 0 Å². The van der Waals surface area contributed by atoms with Crippen molar-refractivity contribution in [3.8, 4) is 6.07 Å². The Kier molecular flexibility index (Phi) is 5.53. The van der Waals surface area contributed by atoms with Crippen molar-refractivity contribution in [3.05, 3.63) is 0 Å². The minimum atomic E-state index is -1.57. The number of nitrogens with zero attached hydrogens (tertiary/aromatic N) is 1. The Labute approximate surface area is 75.3 Å². The zero-order chi connectivity index (χ0) is 10.4. The normalized spacial score (nSPS) is 20.0. The maximum Gasteiger partial charge on any atom is 0.104 e. The van der Waals surface area contributed by atoms with E-state index in [-0.39, 0.29) is 0 Å². The van der Waals surface area contributed by atoms with Crippen LogP contribution in [0.25, 0.3) is 0 Å². The lowest BCUT2D eigenvalue weighted by atomic mass is 9.94. The molecule has 0 radical (unpaired) electrons. The molecular weight excluding hydrogens is 178 g/mol. The Morgan fingerprint density at radius 2 is 1.46 bits per heavy atom. The van der Waals surface area contributed by atoms with Gasteiger partial charge in [0.05, 0.1) is 25.4 Å². The third-order valence-corrected chi connectivity index (χ3v) is 1.70. The monoisotopic (exact) mass is 191 g/mol. The summed E-state index contributed by atoms with van der Waals surface area (Å²) in [6.45, 7) is -1.40. The average molecular weight is 191 g/mol. The van der Waals surface area contributed by atoms with Crippen molar-refractivity contribution in [1.29, 1.82) is 5.26 Å². The smallest absolute Gasteiger partial charge is 0.104 e. The number of rotatable bonds is 5. The van der Waals surface area contributed by atoms with Gasteiger partial charge in [-0.2, -0.15) is 5.26 Å². The molecule has 0 amide bonds. The van der Waals surface area contributed by atoms with Crippen molar-refractivity contribution in [2.45, 2.75) is 18.3 Å². The molecule has 0 rings (SSSR count). The summed E-state index contributed by atoms with van der Waals surface area (Å²) < 4.78 is 0. The Balaban J connectivity index is 4.32. The second kappa shape index (κ2) is 5.85. The average Bonchev–Trinajstić information content (AvgIpc) is 2.17. The summed E-state index contributed by atoms with van der Waals surface area (Å²) in [5.74, 6) is -1.31. The lowest BCUT2D eigenvalue weighted by Crippen LogP contribution is -2.42. The van der Waals surface area contributed by atoms with Crippen LogP contribution in [0.1, 0.15) is 0 Å². The van der Waals surface area contributed by atoms with E-state index in [4.69, 9.17) is 25.7 Å². The first-order valence-electron chi connectivity index (χ1n) is 3.74. The van der Waals surface area contributed by atoms with Crippen LogP contribution >= 0.6 is 0 Å². The molecule has 0 unspecified atom stereocenters. The molecule has 0 saturated heterocycles. The summed E-state index contributed by atoms with van der Waals surface area (Å²) in [5.41, 5.74) is 0. The molecule has 5 N–H and O–H groups in total. The first-order chi connectivity index (χ1) is 6.08. The van der Waals surface area contributed by atoms with Crippen LogP contribution in [0.15, 0.2) is 0 Å². The van der Waals surface area contributed by atoms with Crippen LogP contribution < -0.4 is 0 Å². The van der Waals surface area contributed by atoms with Crippen molar-refractivity contribution in [1.82, 2.24) is 0 Å². The number of nitriles is 1. The van der Waals surface area contributed by atoms with Gasteiger partial charge in [-0.3, -0.25) is 0 Å². The predicted molar refractivity (Wildman–Crippen MR) is 41.3 cm³/mol. The third-order valence-electron chi connectivity index (χ3n) is 1.70. The summed E-state index contributed by atoms with van der Waals surface area (Å²) in [6.07, 6.45) is -4.50. The van der Waals surface area contributed by atoms with Gasteiger partial charge in [-0.1, -0.05) is 0 Å². The van der Waals surface area contributed by atoms with Gasteiger partial charge in [-0.05, 0) is 0 Å². The van der Waals surface area contributed by atoms with Crippen LogP contribution in [-0.4, -0.2) is 57.1 Å². The van der Waals surface area contributed by atoms with E-state index in [1.54, 1.807) is 0 Å². The first kappa shape index (κ1) is 12.3. The SMILES string of the molecule is N#C[C@@H]([C@H](O)[C@H](O)CO)[C@@H](O)CO. The Morgan fingerprint density at radius 1 is 1.00 bits per heavy atom. The zero-order valence-electron chi connectivity index (χ0n) is 6.91. The lowest BCUT2D eigenvalue weighted by molar-refractivity contribution is -0.0670. The molecule has 0 fully saturated rings. The van der Waals surface area contributed by atoms with Crippen molar-refractivity contribution >= 4 is 0 Å². The number of hydrogen-bond donors (Lipinski definition) is 5. The number of hydrogen-bond acceptors (Lipinski definition) is 6. The van der Waals surface area contributed by atoms with Gasteiger partial charge in [0.1, 0.15) is 18.1 Å². The highest BCUT2D eigenvalue weighted by Crippen LogP contribution is 2.11. The van der Waals surface area contributed by atoms with Gasteiger partial charge in [0, 0.05) is 0 Å². The summed E-state index contributed by atoms with van der Waals surface area (Å²) in [7, 11) is 0. The minimum Gasteiger partial charge on any atom is -0.394 e. The molecule has 6 heteroatoms. The van der Waals surface area contributed by atoms with Gasteiger partial charge in [-0.25, -0.2) is 0 Å². The van der Waals surface area contributed by atoms with E-state index in [2.05, 4.69) is 0 Å². The topological polar surface area (TPSA) is 125 Å². The van der Waals surface area contributed by atoms with Crippen LogP contribution in [-0.2, 0) is 0 Å². The Hall–Kier alpha value is -0.710. The fourth-order valence-corrected chi connectivity index (χ4v) is 0.851. The highest BCUT2D eigenvalue weighted by molar-refractivity contribution is 4.95. The third kappa shape index (κ3) is 3.26. The quantitative estimate of drug-likeness (QED) is 0.319. The molecule has 0 aliphatic carbocycles. The number of aliphatic hydroxyl groups excluding tert-OH is 5. The largest absolute Gasteiger partial charge is 0.394 e.